The molecule has 2 aromatic carbocycles. The first kappa shape index (κ1) is 16.3. The van der Waals surface area contributed by atoms with E-state index in [4.69, 9.17) is 4.42 Å². The number of aryl methyl sites for hydroxylation is 1. The molecule has 0 saturated heterocycles. The van der Waals surface area contributed by atoms with Crippen LogP contribution in [0, 0.1) is 6.92 Å². The van der Waals surface area contributed by atoms with Crippen LogP contribution < -0.4 is 5.32 Å². The van der Waals surface area contributed by atoms with Gasteiger partial charge >= 0.3 is 0 Å². The van der Waals surface area contributed by atoms with Gasteiger partial charge in [-0.25, -0.2) is 9.97 Å². The number of nitrogens with zero attached hydrogens (tertiary/aromatic N) is 3. The minimum absolute atomic E-state index is 0.225. The Morgan fingerprint density at radius 1 is 1.07 bits per heavy atom. The van der Waals surface area contributed by atoms with Crippen molar-refractivity contribution in [3.63, 3.8) is 0 Å². The van der Waals surface area contributed by atoms with E-state index >= 15 is 0 Å². The van der Waals surface area contributed by atoms with E-state index in [0.717, 1.165) is 27.9 Å². The van der Waals surface area contributed by atoms with Gasteiger partial charge in [-0.2, -0.15) is 0 Å². The molecule has 3 aromatic heterocycles. The molecule has 1 amide bonds. The van der Waals surface area contributed by atoms with Gasteiger partial charge in [0.25, 0.3) is 5.91 Å². The first-order chi connectivity index (χ1) is 13.7. The predicted octanol–water partition coefficient (Wildman–Crippen LogP) is 4.70. The van der Waals surface area contributed by atoms with Gasteiger partial charge in [-0.1, -0.05) is 24.3 Å². The van der Waals surface area contributed by atoms with Gasteiger partial charge in [-0.3, -0.25) is 9.20 Å². The van der Waals surface area contributed by atoms with Crippen molar-refractivity contribution < 1.29 is 9.21 Å². The highest BCUT2D eigenvalue weighted by molar-refractivity contribution is 6.04. The Bertz CT molecular complexity index is 1300. The molecular formula is C22H16N4O2. The van der Waals surface area contributed by atoms with Crippen LogP contribution in [0.1, 0.15) is 16.1 Å². The van der Waals surface area contributed by atoms with Crippen LogP contribution in [-0.4, -0.2) is 20.3 Å². The zero-order chi connectivity index (χ0) is 19.1. The van der Waals surface area contributed by atoms with Crippen LogP contribution in [0.2, 0.25) is 0 Å². The molecule has 0 aliphatic rings. The number of amides is 1. The molecule has 3 heterocycles. The number of hydrogen-bond donors (Lipinski definition) is 1. The van der Waals surface area contributed by atoms with E-state index in [9.17, 15) is 4.79 Å². The summed E-state index contributed by atoms with van der Waals surface area (Å²) in [5, 5.41) is 2.98. The van der Waals surface area contributed by atoms with Gasteiger partial charge in [0.1, 0.15) is 16.9 Å². The lowest BCUT2D eigenvalue weighted by molar-refractivity contribution is 0.102. The van der Waals surface area contributed by atoms with Crippen LogP contribution in [0.25, 0.3) is 28.2 Å². The summed E-state index contributed by atoms with van der Waals surface area (Å²) < 4.78 is 7.61. The van der Waals surface area contributed by atoms with Crippen molar-refractivity contribution in [1.29, 1.82) is 0 Å². The number of oxazole rings is 1. The fraction of sp³-hybridized carbons (Fsp3) is 0.0455. The van der Waals surface area contributed by atoms with E-state index < -0.39 is 0 Å². The Hall–Kier alpha value is -3.93. The molecule has 0 aliphatic carbocycles. The van der Waals surface area contributed by atoms with Gasteiger partial charge in [0.2, 0.25) is 5.89 Å². The molecule has 0 aliphatic heterocycles. The normalized spacial score (nSPS) is 11.2. The van der Waals surface area contributed by atoms with Crippen molar-refractivity contribution in [3.8, 4) is 11.5 Å². The van der Waals surface area contributed by atoms with E-state index in [1.807, 2.05) is 73.8 Å². The van der Waals surface area contributed by atoms with Crippen LogP contribution in [0.5, 0.6) is 0 Å². The number of para-hydroxylation sites is 2. The number of anilines is 1. The monoisotopic (exact) mass is 368 g/mol. The number of carbonyl (C=O) groups excluding carboxylic acids is 1. The number of carbonyl (C=O) groups is 1. The van der Waals surface area contributed by atoms with Crippen LogP contribution in [0.15, 0.2) is 77.5 Å². The number of aromatic nitrogens is 3. The Kier molecular flexibility index (Phi) is 3.69. The number of fused-ring (bicyclic) bond motifs is 2. The SMILES string of the molecule is Cc1ccc(-c2nc3ccccc3o2)cc1NC(=O)c1cnc2ccccn12. The molecule has 0 fully saturated rings. The third-order valence-corrected chi connectivity index (χ3v) is 4.68. The summed E-state index contributed by atoms with van der Waals surface area (Å²) in [6, 6.07) is 19.0. The summed E-state index contributed by atoms with van der Waals surface area (Å²) in [4.78, 5) is 21.6. The minimum Gasteiger partial charge on any atom is -0.436 e. The molecule has 0 bridgehead atoms. The van der Waals surface area contributed by atoms with E-state index in [-0.39, 0.29) is 5.91 Å². The van der Waals surface area contributed by atoms with Gasteiger partial charge in [-0.15, -0.1) is 0 Å². The van der Waals surface area contributed by atoms with Gasteiger partial charge in [-0.05, 0) is 48.9 Å². The molecule has 1 N–H and O–H groups in total. The minimum atomic E-state index is -0.225. The molecule has 6 heteroatoms. The third-order valence-electron chi connectivity index (χ3n) is 4.68. The van der Waals surface area contributed by atoms with Crippen molar-refractivity contribution in [3.05, 3.63) is 84.3 Å². The number of pyridine rings is 1. The quantitative estimate of drug-likeness (QED) is 0.501. The van der Waals surface area contributed by atoms with Gasteiger partial charge in [0, 0.05) is 17.4 Å². The zero-order valence-electron chi connectivity index (χ0n) is 15.1. The van der Waals surface area contributed by atoms with Gasteiger partial charge in [0.05, 0.1) is 6.20 Å². The number of benzene rings is 2. The Morgan fingerprint density at radius 3 is 2.82 bits per heavy atom. The smallest absolute Gasteiger partial charge is 0.274 e. The van der Waals surface area contributed by atoms with Crippen molar-refractivity contribution in [1.82, 2.24) is 14.4 Å². The number of rotatable bonds is 3. The largest absolute Gasteiger partial charge is 0.436 e. The van der Waals surface area contributed by atoms with Crippen molar-refractivity contribution in [2.24, 2.45) is 0 Å². The summed E-state index contributed by atoms with van der Waals surface area (Å²) >= 11 is 0. The average molecular weight is 368 g/mol. The van der Waals surface area contributed by atoms with Crippen LogP contribution in [-0.2, 0) is 0 Å². The maximum absolute atomic E-state index is 12.8. The second-order valence-corrected chi connectivity index (χ2v) is 6.54. The fourth-order valence-electron chi connectivity index (χ4n) is 3.17. The second kappa shape index (κ2) is 6.35. The highest BCUT2D eigenvalue weighted by Crippen LogP contribution is 2.28. The second-order valence-electron chi connectivity index (χ2n) is 6.54. The third kappa shape index (κ3) is 2.72. The molecule has 5 rings (SSSR count). The number of imidazole rings is 1. The Labute approximate surface area is 160 Å². The first-order valence-electron chi connectivity index (χ1n) is 8.89. The summed E-state index contributed by atoms with van der Waals surface area (Å²) in [6.45, 7) is 1.94. The lowest BCUT2D eigenvalue weighted by Crippen LogP contribution is -2.15. The van der Waals surface area contributed by atoms with Crippen molar-refractivity contribution in [2.45, 2.75) is 6.92 Å². The van der Waals surface area contributed by atoms with Crippen LogP contribution in [0.3, 0.4) is 0 Å². The lowest BCUT2D eigenvalue weighted by Gasteiger charge is -2.09. The summed E-state index contributed by atoms with van der Waals surface area (Å²) in [5.74, 6) is 0.294. The van der Waals surface area contributed by atoms with Gasteiger partial charge in [0.15, 0.2) is 5.58 Å². The maximum Gasteiger partial charge on any atom is 0.274 e. The molecule has 6 nitrogen and oxygen atoms in total. The summed E-state index contributed by atoms with van der Waals surface area (Å²) in [5.41, 5.74) is 5.18. The molecule has 136 valence electrons. The molecule has 0 unspecified atom stereocenters. The molecule has 0 saturated carbocycles. The topological polar surface area (TPSA) is 72.4 Å². The number of nitrogens with one attached hydrogen (secondary N) is 1. The van der Waals surface area contributed by atoms with Crippen molar-refractivity contribution in [2.75, 3.05) is 5.32 Å². The van der Waals surface area contributed by atoms with Crippen LogP contribution >= 0.6 is 0 Å². The van der Waals surface area contributed by atoms with Crippen molar-refractivity contribution >= 4 is 28.3 Å². The predicted molar refractivity (Wildman–Crippen MR) is 107 cm³/mol. The number of hydrogen-bond acceptors (Lipinski definition) is 4. The lowest BCUT2D eigenvalue weighted by atomic mass is 10.1. The van der Waals surface area contributed by atoms with Crippen LogP contribution in [0.4, 0.5) is 5.69 Å². The van der Waals surface area contributed by atoms with E-state index in [1.54, 1.807) is 10.6 Å². The first-order valence-corrected chi connectivity index (χ1v) is 8.89. The van der Waals surface area contributed by atoms with E-state index in [2.05, 4.69) is 15.3 Å². The van der Waals surface area contributed by atoms with E-state index in [1.165, 1.54) is 0 Å². The summed E-state index contributed by atoms with van der Waals surface area (Å²) in [6.07, 6.45) is 3.39. The molecule has 0 spiro atoms. The van der Waals surface area contributed by atoms with E-state index in [0.29, 0.717) is 17.3 Å². The molecule has 0 atom stereocenters. The highest BCUT2D eigenvalue weighted by Gasteiger charge is 2.15. The zero-order valence-corrected chi connectivity index (χ0v) is 15.1. The molecular weight excluding hydrogens is 352 g/mol. The molecule has 28 heavy (non-hydrogen) atoms. The molecule has 0 radical (unpaired) electrons. The highest BCUT2D eigenvalue weighted by atomic mass is 16.3. The Balaban J connectivity index is 1.50. The fourth-order valence-corrected chi connectivity index (χ4v) is 3.17. The molecule has 5 aromatic rings. The summed E-state index contributed by atoms with van der Waals surface area (Å²) in [7, 11) is 0. The standard InChI is InChI=1S/C22H16N4O2/c1-14-9-10-15(22-25-16-6-2-3-7-19(16)28-22)12-17(14)24-21(27)18-13-23-20-8-4-5-11-26(18)20/h2-13H,1H3,(H,24,27). The Morgan fingerprint density at radius 2 is 1.93 bits per heavy atom. The average Bonchev–Trinajstić information content (AvgIpc) is 3.33. The maximum atomic E-state index is 12.8. The van der Waals surface area contributed by atoms with Gasteiger partial charge < -0.3 is 9.73 Å².